The van der Waals surface area contributed by atoms with Crippen LogP contribution in [0.4, 0.5) is 16.3 Å². The molecular formula is C23H27N5O2S. The number of carbonyl (C=O) groups is 1. The van der Waals surface area contributed by atoms with Gasteiger partial charge in [0, 0.05) is 36.3 Å². The Morgan fingerprint density at radius 1 is 1.16 bits per heavy atom. The molecule has 0 spiro atoms. The van der Waals surface area contributed by atoms with Crippen LogP contribution in [0.1, 0.15) is 19.8 Å². The summed E-state index contributed by atoms with van der Waals surface area (Å²) in [6, 6.07) is 15.4. The zero-order chi connectivity index (χ0) is 21.8. The van der Waals surface area contributed by atoms with E-state index in [4.69, 9.17) is 0 Å². The molecule has 7 nitrogen and oxygen atoms in total. The maximum Gasteiger partial charge on any atom is 0.319 e. The van der Waals surface area contributed by atoms with Crippen LogP contribution < -0.4 is 21.1 Å². The molecule has 0 aliphatic carbocycles. The van der Waals surface area contributed by atoms with Crippen molar-refractivity contribution in [1.29, 1.82) is 0 Å². The van der Waals surface area contributed by atoms with Gasteiger partial charge in [-0.1, -0.05) is 18.2 Å². The molecular weight excluding hydrogens is 410 g/mol. The van der Waals surface area contributed by atoms with Crippen molar-refractivity contribution in [3.05, 3.63) is 58.9 Å². The lowest BCUT2D eigenvalue weighted by atomic mass is 10.1. The van der Waals surface area contributed by atoms with Crippen LogP contribution in [-0.4, -0.2) is 41.0 Å². The largest absolute Gasteiger partial charge is 0.352 e. The van der Waals surface area contributed by atoms with E-state index in [1.165, 1.54) is 0 Å². The van der Waals surface area contributed by atoms with Crippen molar-refractivity contribution in [2.45, 2.75) is 37.2 Å². The summed E-state index contributed by atoms with van der Waals surface area (Å²) in [5.74, 6) is 0.498. The smallest absolute Gasteiger partial charge is 0.319 e. The molecule has 0 unspecified atom stereocenters. The van der Waals surface area contributed by atoms with Crippen molar-refractivity contribution in [3.8, 4) is 0 Å². The minimum atomic E-state index is -0.200. The van der Waals surface area contributed by atoms with Gasteiger partial charge in [0.2, 0.25) is 0 Å². The molecule has 1 aliphatic rings. The standard InChI is InChI=1S/C23H27N5O2S/c1-3-28-20-10-5-4-9-19(20)26-21(22(28)29)27-13-11-16(12-14-27)24-23(30)25-17-7-6-8-18(15-17)31-2/h4-10,15-16H,3,11-14H2,1-2H3,(H2,24,25,30). The average molecular weight is 438 g/mol. The van der Waals surface area contributed by atoms with Crippen LogP contribution >= 0.6 is 11.8 Å². The summed E-state index contributed by atoms with van der Waals surface area (Å²) in [6.07, 6.45) is 3.53. The third-order valence-electron chi connectivity index (χ3n) is 5.61. The van der Waals surface area contributed by atoms with Gasteiger partial charge >= 0.3 is 6.03 Å². The first kappa shape index (κ1) is 21.2. The van der Waals surface area contributed by atoms with E-state index in [9.17, 15) is 9.59 Å². The molecule has 1 aliphatic heterocycles. The Balaban J connectivity index is 1.40. The number of para-hydroxylation sites is 2. The van der Waals surface area contributed by atoms with E-state index < -0.39 is 0 Å². The fraction of sp³-hybridized carbons (Fsp3) is 0.348. The Morgan fingerprint density at radius 3 is 2.68 bits per heavy atom. The summed E-state index contributed by atoms with van der Waals surface area (Å²) in [5, 5.41) is 5.96. The van der Waals surface area contributed by atoms with Gasteiger partial charge in [0.1, 0.15) is 0 Å². The number of carbonyl (C=O) groups excluding carboxylic acids is 1. The van der Waals surface area contributed by atoms with Crippen molar-refractivity contribution in [2.75, 3.05) is 29.6 Å². The first-order chi connectivity index (χ1) is 15.1. The van der Waals surface area contributed by atoms with Crippen LogP contribution in [-0.2, 0) is 6.54 Å². The van der Waals surface area contributed by atoms with E-state index in [2.05, 4.69) is 15.6 Å². The molecule has 31 heavy (non-hydrogen) atoms. The number of benzene rings is 2. The molecule has 3 aromatic rings. The van der Waals surface area contributed by atoms with Gasteiger partial charge in [-0.05, 0) is 56.4 Å². The SMILES string of the molecule is CCn1c(=O)c(N2CCC(NC(=O)Nc3cccc(SC)c3)CC2)nc2ccccc21. The number of anilines is 2. The van der Waals surface area contributed by atoms with Crippen molar-refractivity contribution >= 4 is 40.3 Å². The Bertz CT molecular complexity index is 1140. The fourth-order valence-electron chi connectivity index (χ4n) is 3.99. The second-order valence-corrected chi connectivity index (χ2v) is 8.44. The van der Waals surface area contributed by atoms with Crippen LogP contribution in [0.25, 0.3) is 11.0 Å². The Morgan fingerprint density at radius 2 is 1.94 bits per heavy atom. The summed E-state index contributed by atoms with van der Waals surface area (Å²) in [4.78, 5) is 33.2. The lowest BCUT2D eigenvalue weighted by molar-refractivity contribution is 0.246. The topological polar surface area (TPSA) is 79.3 Å². The number of nitrogens with one attached hydrogen (secondary N) is 2. The quantitative estimate of drug-likeness (QED) is 0.592. The van der Waals surface area contributed by atoms with E-state index in [0.29, 0.717) is 25.5 Å². The van der Waals surface area contributed by atoms with Gasteiger partial charge in [0.05, 0.1) is 11.0 Å². The molecule has 0 atom stereocenters. The van der Waals surface area contributed by atoms with E-state index in [1.54, 1.807) is 16.3 Å². The second-order valence-electron chi connectivity index (χ2n) is 7.57. The molecule has 8 heteroatoms. The van der Waals surface area contributed by atoms with Gasteiger partial charge in [-0.15, -0.1) is 11.8 Å². The molecule has 162 valence electrons. The molecule has 2 aromatic carbocycles. The molecule has 0 radical (unpaired) electrons. The molecule has 2 heterocycles. The van der Waals surface area contributed by atoms with Crippen LogP contribution in [0.2, 0.25) is 0 Å². The summed E-state index contributed by atoms with van der Waals surface area (Å²) in [5.41, 5.74) is 2.41. The zero-order valence-corrected chi connectivity index (χ0v) is 18.6. The van der Waals surface area contributed by atoms with Crippen molar-refractivity contribution in [1.82, 2.24) is 14.9 Å². The van der Waals surface area contributed by atoms with Gasteiger partial charge in [-0.2, -0.15) is 0 Å². The van der Waals surface area contributed by atoms with Gasteiger partial charge in [-0.25, -0.2) is 9.78 Å². The van der Waals surface area contributed by atoms with Crippen molar-refractivity contribution in [2.24, 2.45) is 0 Å². The third-order valence-corrected chi connectivity index (χ3v) is 6.33. The number of aryl methyl sites for hydroxylation is 1. The number of amides is 2. The molecule has 2 N–H and O–H groups in total. The van der Waals surface area contributed by atoms with Crippen molar-refractivity contribution < 1.29 is 4.79 Å². The summed E-state index contributed by atoms with van der Waals surface area (Å²) in [6.45, 7) is 3.93. The van der Waals surface area contributed by atoms with Crippen LogP contribution in [0, 0.1) is 0 Å². The third kappa shape index (κ3) is 4.69. The van der Waals surface area contributed by atoms with Gasteiger partial charge < -0.3 is 20.1 Å². The van der Waals surface area contributed by atoms with Gasteiger partial charge in [0.25, 0.3) is 5.56 Å². The van der Waals surface area contributed by atoms with Crippen LogP contribution in [0.5, 0.6) is 0 Å². The highest BCUT2D eigenvalue weighted by atomic mass is 32.2. The summed E-state index contributed by atoms with van der Waals surface area (Å²) in [7, 11) is 0. The number of urea groups is 1. The number of rotatable bonds is 5. The lowest BCUT2D eigenvalue weighted by Crippen LogP contribution is -2.47. The highest BCUT2D eigenvalue weighted by Gasteiger charge is 2.24. The Labute approximate surface area is 185 Å². The number of nitrogens with zero attached hydrogens (tertiary/aromatic N) is 3. The second kappa shape index (κ2) is 9.43. The van der Waals surface area contributed by atoms with E-state index in [0.717, 1.165) is 34.5 Å². The monoisotopic (exact) mass is 437 g/mol. The summed E-state index contributed by atoms with van der Waals surface area (Å²) < 4.78 is 1.78. The number of hydrogen-bond donors (Lipinski definition) is 2. The van der Waals surface area contributed by atoms with Gasteiger partial charge in [-0.3, -0.25) is 4.79 Å². The number of piperidine rings is 1. The van der Waals surface area contributed by atoms with Crippen LogP contribution in [0.15, 0.2) is 58.2 Å². The molecule has 0 saturated carbocycles. The highest BCUT2D eigenvalue weighted by Crippen LogP contribution is 2.20. The molecule has 4 rings (SSSR count). The fourth-order valence-corrected chi connectivity index (χ4v) is 4.45. The van der Waals surface area contributed by atoms with Crippen LogP contribution in [0.3, 0.4) is 0 Å². The van der Waals surface area contributed by atoms with E-state index >= 15 is 0 Å². The number of fused-ring (bicyclic) bond motifs is 1. The van der Waals surface area contributed by atoms with Gasteiger partial charge in [0.15, 0.2) is 5.82 Å². The van der Waals surface area contributed by atoms with E-state index in [1.807, 2.05) is 66.6 Å². The maximum atomic E-state index is 13.0. The molecule has 1 saturated heterocycles. The molecule has 1 fully saturated rings. The minimum Gasteiger partial charge on any atom is -0.352 e. The number of thioether (sulfide) groups is 1. The van der Waals surface area contributed by atoms with E-state index in [-0.39, 0.29) is 17.6 Å². The lowest BCUT2D eigenvalue weighted by Gasteiger charge is -2.33. The average Bonchev–Trinajstić information content (AvgIpc) is 2.79. The Kier molecular flexibility index (Phi) is 6.46. The normalized spacial score (nSPS) is 14.6. The number of aromatic nitrogens is 2. The van der Waals surface area contributed by atoms with Crippen molar-refractivity contribution in [3.63, 3.8) is 0 Å². The predicted octanol–water partition coefficient (Wildman–Crippen LogP) is 3.93. The minimum absolute atomic E-state index is 0.0565. The molecule has 1 aromatic heterocycles. The predicted molar refractivity (Wildman–Crippen MR) is 127 cm³/mol. The summed E-state index contributed by atoms with van der Waals surface area (Å²) >= 11 is 1.64. The molecule has 0 bridgehead atoms. The molecule has 2 amide bonds. The Hall–Kier alpha value is -3.00. The highest BCUT2D eigenvalue weighted by molar-refractivity contribution is 7.98. The zero-order valence-electron chi connectivity index (χ0n) is 17.8. The first-order valence-corrected chi connectivity index (χ1v) is 11.8. The maximum absolute atomic E-state index is 13.0. The first-order valence-electron chi connectivity index (χ1n) is 10.5. The number of hydrogen-bond acceptors (Lipinski definition) is 5.